The average Bonchev–Trinajstić information content (AvgIpc) is 3.08. The molecule has 4 rings (SSSR count). The molecule has 142 valence electrons. The monoisotopic (exact) mass is 396 g/mol. The lowest BCUT2D eigenvalue weighted by Gasteiger charge is -2.22. The first-order valence-corrected chi connectivity index (χ1v) is 9.28. The van der Waals surface area contributed by atoms with Gasteiger partial charge in [-0.3, -0.25) is 14.4 Å². The van der Waals surface area contributed by atoms with Crippen molar-refractivity contribution in [3.63, 3.8) is 0 Å². The maximum Gasteiger partial charge on any atom is 0.326 e. The Morgan fingerprint density at radius 1 is 1.14 bits per heavy atom. The van der Waals surface area contributed by atoms with Crippen LogP contribution in [0.25, 0.3) is 10.9 Å². The normalized spacial score (nSPS) is 16.0. The summed E-state index contributed by atoms with van der Waals surface area (Å²) >= 11 is 5.88. The number of nitrogens with one attached hydrogen (secondary N) is 2. The maximum atomic E-state index is 12.5. The van der Waals surface area contributed by atoms with Gasteiger partial charge in [-0.1, -0.05) is 29.8 Å². The number of halogens is 1. The topological polar surface area (TPSA) is 88.3 Å². The first-order chi connectivity index (χ1) is 13.5. The van der Waals surface area contributed by atoms with E-state index in [9.17, 15) is 14.4 Å². The van der Waals surface area contributed by atoms with Crippen molar-refractivity contribution in [1.82, 2.24) is 4.98 Å². The Morgan fingerprint density at radius 2 is 1.96 bits per heavy atom. The molecular weight excluding hydrogens is 380 g/mol. The Bertz CT molecular complexity index is 1090. The molecule has 0 saturated carbocycles. The molecule has 3 aromatic rings. The Balaban J connectivity index is 1.36. The minimum Gasteiger partial charge on any atom is -0.465 e. The molecule has 1 aliphatic rings. The molecule has 1 unspecified atom stereocenters. The van der Waals surface area contributed by atoms with Crippen LogP contribution in [0, 0.1) is 5.92 Å². The third-order valence-electron chi connectivity index (χ3n) is 4.77. The molecule has 0 spiro atoms. The number of fused-ring (bicyclic) bond motifs is 2. The van der Waals surface area contributed by atoms with Crippen LogP contribution in [-0.2, 0) is 20.7 Å². The standard InChI is InChI=1S/C21H17ClN2O4/c22-13-7-8-15-17(10-13)24-20(26)18(19(15)25)21(27)28-9-3-4-12-11-23-16-6-2-1-5-14(12)16/h1-2,5-8,10-11,18,23H,3-4,9H2,(H,24,26). The molecule has 0 radical (unpaired) electrons. The van der Waals surface area contributed by atoms with Gasteiger partial charge in [0, 0.05) is 27.7 Å². The van der Waals surface area contributed by atoms with Crippen molar-refractivity contribution in [1.29, 1.82) is 0 Å². The van der Waals surface area contributed by atoms with Crippen LogP contribution in [0.1, 0.15) is 22.3 Å². The zero-order valence-corrected chi connectivity index (χ0v) is 15.6. The lowest BCUT2D eigenvalue weighted by molar-refractivity contribution is -0.149. The lowest BCUT2D eigenvalue weighted by Crippen LogP contribution is -2.41. The molecule has 0 aliphatic carbocycles. The van der Waals surface area contributed by atoms with Crippen LogP contribution in [0.4, 0.5) is 5.69 Å². The number of aromatic nitrogens is 1. The smallest absolute Gasteiger partial charge is 0.326 e. The van der Waals surface area contributed by atoms with Gasteiger partial charge in [-0.05, 0) is 42.7 Å². The largest absolute Gasteiger partial charge is 0.465 e. The lowest BCUT2D eigenvalue weighted by atomic mass is 9.92. The molecule has 1 amide bonds. The Hall–Kier alpha value is -3.12. The number of carbonyl (C=O) groups excluding carboxylic acids is 3. The Labute approximate surface area is 165 Å². The Kier molecular flexibility index (Phi) is 4.88. The average molecular weight is 397 g/mol. The van der Waals surface area contributed by atoms with Crippen molar-refractivity contribution in [2.75, 3.05) is 11.9 Å². The molecule has 1 aromatic heterocycles. The molecule has 0 fully saturated rings. The third kappa shape index (κ3) is 3.39. The number of hydrogen-bond acceptors (Lipinski definition) is 4. The number of ether oxygens (including phenoxy) is 1. The summed E-state index contributed by atoms with van der Waals surface area (Å²) in [6.07, 6.45) is 3.23. The second kappa shape index (κ2) is 7.48. The fourth-order valence-electron chi connectivity index (χ4n) is 3.39. The molecule has 2 aromatic carbocycles. The predicted molar refractivity (Wildman–Crippen MR) is 105 cm³/mol. The van der Waals surface area contributed by atoms with Gasteiger partial charge in [0.05, 0.1) is 12.3 Å². The number of aromatic amines is 1. The van der Waals surface area contributed by atoms with Crippen molar-refractivity contribution >= 4 is 45.9 Å². The van der Waals surface area contributed by atoms with E-state index >= 15 is 0 Å². The van der Waals surface area contributed by atoms with Crippen molar-refractivity contribution in [3.05, 3.63) is 64.8 Å². The number of hydrogen-bond donors (Lipinski definition) is 2. The van der Waals surface area contributed by atoms with Gasteiger partial charge >= 0.3 is 5.97 Å². The van der Waals surface area contributed by atoms with E-state index in [4.69, 9.17) is 16.3 Å². The molecule has 7 heteroatoms. The van der Waals surface area contributed by atoms with Gasteiger partial charge in [0.15, 0.2) is 11.7 Å². The SMILES string of the molecule is O=C1Nc2cc(Cl)ccc2C(=O)C1C(=O)OCCCc1c[nH]c2ccccc12. The summed E-state index contributed by atoms with van der Waals surface area (Å²) in [6, 6.07) is 12.5. The Morgan fingerprint density at radius 3 is 2.82 bits per heavy atom. The van der Waals surface area contributed by atoms with E-state index in [1.165, 1.54) is 12.1 Å². The fraction of sp³-hybridized carbons (Fsp3) is 0.190. The van der Waals surface area contributed by atoms with Gasteiger partial charge in [0.25, 0.3) is 0 Å². The van der Waals surface area contributed by atoms with Crippen molar-refractivity contribution in [2.24, 2.45) is 5.92 Å². The summed E-state index contributed by atoms with van der Waals surface area (Å²) < 4.78 is 5.21. The molecule has 1 aliphatic heterocycles. The van der Waals surface area contributed by atoms with E-state index in [1.54, 1.807) is 6.07 Å². The number of Topliss-reactive ketones (excluding diaryl/α,β-unsaturated/α-hetero) is 1. The van der Waals surface area contributed by atoms with Gasteiger partial charge in [0.2, 0.25) is 5.91 Å². The summed E-state index contributed by atoms with van der Waals surface area (Å²) in [7, 11) is 0. The van der Waals surface area contributed by atoms with Crippen LogP contribution in [0.15, 0.2) is 48.7 Å². The predicted octanol–water partition coefficient (Wildman–Crippen LogP) is 3.75. The van der Waals surface area contributed by atoms with E-state index in [-0.39, 0.29) is 12.2 Å². The second-order valence-corrected chi connectivity index (χ2v) is 7.04. The maximum absolute atomic E-state index is 12.5. The first kappa shape index (κ1) is 18.3. The highest BCUT2D eigenvalue weighted by Gasteiger charge is 2.40. The number of carbonyl (C=O) groups is 3. The summed E-state index contributed by atoms with van der Waals surface area (Å²) in [5, 5.41) is 4.07. The van der Waals surface area contributed by atoms with Crippen molar-refractivity contribution in [2.45, 2.75) is 12.8 Å². The molecule has 1 atom stereocenters. The highest BCUT2D eigenvalue weighted by molar-refractivity contribution is 6.33. The summed E-state index contributed by atoms with van der Waals surface area (Å²) in [5.74, 6) is -3.58. The fourth-order valence-corrected chi connectivity index (χ4v) is 3.56. The van der Waals surface area contributed by atoms with E-state index < -0.39 is 23.6 Å². The minimum absolute atomic E-state index is 0.128. The number of ketones is 1. The van der Waals surface area contributed by atoms with Gasteiger partial charge in [-0.25, -0.2) is 0 Å². The minimum atomic E-state index is -1.48. The van der Waals surface area contributed by atoms with E-state index in [1.807, 2.05) is 30.5 Å². The van der Waals surface area contributed by atoms with Crippen LogP contribution in [-0.4, -0.2) is 29.3 Å². The highest BCUT2D eigenvalue weighted by Crippen LogP contribution is 2.29. The van der Waals surface area contributed by atoms with E-state index in [0.717, 1.165) is 16.5 Å². The quantitative estimate of drug-likeness (QED) is 0.390. The number of amides is 1. The van der Waals surface area contributed by atoms with Gasteiger partial charge < -0.3 is 15.0 Å². The number of anilines is 1. The summed E-state index contributed by atoms with van der Waals surface area (Å²) in [6.45, 7) is 0.128. The van der Waals surface area contributed by atoms with Crippen LogP contribution in [0.5, 0.6) is 0 Å². The zero-order chi connectivity index (χ0) is 19.7. The van der Waals surface area contributed by atoms with Crippen molar-refractivity contribution < 1.29 is 19.1 Å². The number of benzene rings is 2. The molecule has 0 bridgehead atoms. The second-order valence-electron chi connectivity index (χ2n) is 6.61. The number of H-pyrrole nitrogens is 1. The molecule has 28 heavy (non-hydrogen) atoms. The van der Waals surface area contributed by atoms with Gasteiger partial charge in [-0.2, -0.15) is 0 Å². The number of rotatable bonds is 5. The zero-order valence-electron chi connectivity index (χ0n) is 14.8. The molecule has 2 heterocycles. The van der Waals surface area contributed by atoms with Crippen molar-refractivity contribution in [3.8, 4) is 0 Å². The van der Waals surface area contributed by atoms with Gasteiger partial charge in [0.1, 0.15) is 0 Å². The van der Waals surface area contributed by atoms with E-state index in [2.05, 4.69) is 10.3 Å². The summed E-state index contributed by atoms with van der Waals surface area (Å²) in [5.41, 5.74) is 2.75. The van der Waals surface area contributed by atoms with Crippen LogP contribution < -0.4 is 5.32 Å². The van der Waals surface area contributed by atoms with E-state index in [0.29, 0.717) is 23.6 Å². The summed E-state index contributed by atoms with van der Waals surface area (Å²) in [4.78, 5) is 40.3. The molecule has 2 N–H and O–H groups in total. The molecule has 6 nitrogen and oxygen atoms in total. The number of aryl methyl sites for hydroxylation is 1. The van der Waals surface area contributed by atoms with Crippen LogP contribution in [0.3, 0.4) is 0 Å². The number of para-hydroxylation sites is 1. The van der Waals surface area contributed by atoms with Gasteiger partial charge in [-0.15, -0.1) is 0 Å². The van der Waals surface area contributed by atoms with Crippen LogP contribution in [0.2, 0.25) is 5.02 Å². The highest BCUT2D eigenvalue weighted by atomic mass is 35.5. The molecular formula is C21H17ClN2O4. The first-order valence-electron chi connectivity index (χ1n) is 8.91. The third-order valence-corrected chi connectivity index (χ3v) is 5.01. The van der Waals surface area contributed by atoms with Crippen LogP contribution >= 0.6 is 11.6 Å². The number of esters is 1. The molecule has 0 saturated heterocycles.